The van der Waals surface area contributed by atoms with Crippen LogP contribution < -0.4 is 0 Å². The zero-order chi connectivity index (χ0) is 45.4. The van der Waals surface area contributed by atoms with Crippen LogP contribution in [0.15, 0.2) is 11.6 Å². The lowest BCUT2D eigenvalue weighted by Gasteiger charge is -2.60. The topological polar surface area (TPSA) is 281 Å². The molecular formula is C45H70O18. The number of carbonyl (C=O) groups is 2. The molecule has 9 N–H and O–H groups in total. The average Bonchev–Trinajstić information content (AvgIpc) is 3.59. The van der Waals surface area contributed by atoms with Crippen molar-refractivity contribution < 1.29 is 88.7 Å². The van der Waals surface area contributed by atoms with Crippen molar-refractivity contribution >= 4 is 11.8 Å². The van der Waals surface area contributed by atoms with E-state index in [1.54, 1.807) is 0 Å². The number of ether oxygens (including phenoxy) is 7. The molecule has 0 radical (unpaired) electrons. The number of hydrogen-bond acceptors (Lipinski definition) is 17. The van der Waals surface area contributed by atoms with Crippen LogP contribution in [0.1, 0.15) is 92.4 Å². The van der Waals surface area contributed by atoms with Crippen LogP contribution in [-0.2, 0) is 42.7 Å². The van der Waals surface area contributed by atoms with E-state index in [0.29, 0.717) is 49.7 Å². The standard InChI is InChI=1S/C45H70O18/c1-18(2)12-20(47)13-19(3)23-6-7-24-22-15-27-26-14-21(8-10-45(26,5)25(22)9-11-44(23,24)4)58-42-39(35(53)34(52)37(61-42)40(55)56)63-43-38(33(51)30(48)28(16-46)59-43)62-41-36(54)32(50)31(49)29(60-41)17-57-27/h15,18-19,21,23-39,41-43,46,48-54H,6-14,16-17H2,1-5H3,(H,55,56)/t19-,21+,23-,24+,25+,26+,27-,28-,29-,30+,31-,32+,33+,34+,35+,36-,37+,38-,39-,41+,42-,43+,44-,45-/m1/s1. The van der Waals surface area contributed by atoms with Crippen LogP contribution in [0.3, 0.4) is 0 Å². The number of fused-ring (bicyclic) bond motifs is 9. The van der Waals surface area contributed by atoms with Crippen molar-refractivity contribution in [2.45, 2.75) is 197 Å². The first-order valence-corrected chi connectivity index (χ1v) is 23.1. The normalized spacial score (nSPS) is 51.8. The van der Waals surface area contributed by atoms with E-state index >= 15 is 0 Å². The van der Waals surface area contributed by atoms with E-state index < -0.39 is 117 Å². The molecule has 24 atom stereocenters. The Labute approximate surface area is 367 Å². The summed E-state index contributed by atoms with van der Waals surface area (Å²) in [7, 11) is 0. The smallest absolute Gasteiger partial charge is 0.335 e. The van der Waals surface area contributed by atoms with E-state index in [-0.39, 0.29) is 41.1 Å². The third-order valence-electron chi connectivity index (χ3n) is 16.6. The van der Waals surface area contributed by atoms with E-state index in [1.165, 1.54) is 5.57 Å². The molecule has 4 heterocycles. The minimum atomic E-state index is -2.02. The zero-order valence-corrected chi connectivity index (χ0v) is 36.8. The number of carboxylic acids is 1. The Balaban J connectivity index is 1.15. The van der Waals surface area contributed by atoms with Gasteiger partial charge in [-0.15, -0.1) is 0 Å². The summed E-state index contributed by atoms with van der Waals surface area (Å²) in [4.78, 5) is 25.4. The van der Waals surface area contributed by atoms with Crippen molar-refractivity contribution in [2.24, 2.45) is 46.3 Å². The van der Waals surface area contributed by atoms with Gasteiger partial charge in [-0.3, -0.25) is 4.79 Å². The van der Waals surface area contributed by atoms with Crippen LogP contribution in [0.5, 0.6) is 0 Å². The van der Waals surface area contributed by atoms with E-state index in [1.807, 2.05) is 0 Å². The first-order valence-electron chi connectivity index (χ1n) is 23.1. The van der Waals surface area contributed by atoms with Crippen LogP contribution in [0.4, 0.5) is 0 Å². The monoisotopic (exact) mass is 898 g/mol. The Morgan fingerprint density at radius 2 is 1.35 bits per heavy atom. The minimum Gasteiger partial charge on any atom is -0.479 e. The van der Waals surface area contributed by atoms with Crippen molar-refractivity contribution in [3.05, 3.63) is 11.6 Å². The van der Waals surface area contributed by atoms with Gasteiger partial charge in [0.25, 0.3) is 0 Å². The van der Waals surface area contributed by atoms with Gasteiger partial charge in [-0.05, 0) is 91.3 Å². The summed E-state index contributed by atoms with van der Waals surface area (Å²) >= 11 is 0. The van der Waals surface area contributed by atoms with Gasteiger partial charge in [0.05, 0.1) is 25.4 Å². The number of allylic oxidation sites excluding steroid dienone is 1. The number of carbonyl (C=O) groups excluding carboxylic acids is 1. The maximum Gasteiger partial charge on any atom is 0.335 e. The lowest BCUT2D eigenvalue weighted by molar-refractivity contribution is -0.395. The Hall–Kier alpha value is -1.72. The molecule has 63 heavy (non-hydrogen) atoms. The summed E-state index contributed by atoms with van der Waals surface area (Å²) in [5.74, 6) is -0.106. The lowest BCUT2D eigenvalue weighted by atomic mass is 9.47. The lowest BCUT2D eigenvalue weighted by Crippen LogP contribution is -2.67. The molecule has 8 rings (SSSR count). The summed E-state index contributed by atoms with van der Waals surface area (Å²) in [5, 5.41) is 98.3. The van der Waals surface area contributed by atoms with E-state index in [9.17, 15) is 55.5 Å². The number of ketones is 1. The Bertz CT molecular complexity index is 1680. The number of Topliss-reactive ketones (excluding diaryl/α,β-unsaturated/α-hetero) is 1. The molecule has 0 amide bonds. The molecule has 0 spiro atoms. The highest BCUT2D eigenvalue weighted by molar-refractivity contribution is 5.78. The number of aliphatic hydroxyl groups excluding tert-OH is 8. The molecule has 7 fully saturated rings. The van der Waals surface area contributed by atoms with Gasteiger partial charge >= 0.3 is 5.97 Å². The van der Waals surface area contributed by atoms with Crippen LogP contribution in [0.25, 0.3) is 0 Å². The van der Waals surface area contributed by atoms with Crippen LogP contribution in [0.2, 0.25) is 0 Å². The van der Waals surface area contributed by atoms with Crippen LogP contribution in [-0.4, -0.2) is 175 Å². The minimum absolute atomic E-state index is 0.0371. The molecular weight excluding hydrogens is 828 g/mol. The predicted octanol–water partition coefficient (Wildman–Crippen LogP) is 0.149. The van der Waals surface area contributed by atoms with E-state index in [0.717, 1.165) is 25.7 Å². The van der Waals surface area contributed by atoms with Gasteiger partial charge in [0.1, 0.15) is 72.9 Å². The first-order chi connectivity index (χ1) is 29.8. The second-order valence-corrected chi connectivity index (χ2v) is 20.9. The Morgan fingerprint density at radius 3 is 2.03 bits per heavy atom. The van der Waals surface area contributed by atoms with Gasteiger partial charge in [-0.1, -0.05) is 46.3 Å². The molecule has 0 aromatic rings. The Morgan fingerprint density at radius 1 is 0.698 bits per heavy atom. The Kier molecular flexibility index (Phi) is 14.0. The van der Waals surface area contributed by atoms with Gasteiger partial charge in [0.15, 0.2) is 25.0 Å². The molecule has 0 aromatic carbocycles. The number of aliphatic hydroxyl groups is 8. The first kappa shape index (κ1) is 47.8. The quantitative estimate of drug-likeness (QED) is 0.154. The molecule has 18 nitrogen and oxygen atoms in total. The van der Waals surface area contributed by atoms with Crippen molar-refractivity contribution in [3.63, 3.8) is 0 Å². The van der Waals surface area contributed by atoms with Gasteiger partial charge in [-0.25, -0.2) is 4.79 Å². The summed E-state index contributed by atoms with van der Waals surface area (Å²) in [5.41, 5.74) is 0.979. The number of carboxylic acid groups (broad SMARTS) is 1. The molecule has 0 aromatic heterocycles. The number of hydrogen-bond donors (Lipinski definition) is 9. The molecule has 8 aliphatic rings. The van der Waals surface area contributed by atoms with Crippen molar-refractivity contribution in [1.82, 2.24) is 0 Å². The fourth-order valence-corrected chi connectivity index (χ4v) is 13.3. The van der Waals surface area contributed by atoms with Crippen molar-refractivity contribution in [3.8, 4) is 0 Å². The van der Waals surface area contributed by atoms with Gasteiger partial charge in [0, 0.05) is 12.8 Å². The third-order valence-corrected chi connectivity index (χ3v) is 16.6. The second-order valence-electron chi connectivity index (χ2n) is 20.9. The highest BCUT2D eigenvalue weighted by Gasteiger charge is 2.62. The molecule has 4 saturated heterocycles. The molecule has 3 saturated carbocycles. The highest BCUT2D eigenvalue weighted by Crippen LogP contribution is 2.67. The number of aliphatic carboxylic acids is 1. The largest absolute Gasteiger partial charge is 0.479 e. The van der Waals surface area contributed by atoms with Crippen molar-refractivity contribution in [1.29, 1.82) is 0 Å². The molecule has 0 unspecified atom stereocenters. The van der Waals surface area contributed by atoms with Crippen molar-refractivity contribution in [2.75, 3.05) is 13.2 Å². The van der Waals surface area contributed by atoms with Crippen LogP contribution >= 0.6 is 0 Å². The van der Waals surface area contributed by atoms with Crippen LogP contribution in [0, 0.1) is 46.3 Å². The summed E-state index contributed by atoms with van der Waals surface area (Å²) < 4.78 is 43.3. The molecule has 358 valence electrons. The molecule has 18 heteroatoms. The summed E-state index contributed by atoms with van der Waals surface area (Å²) in [6.45, 7) is 9.97. The van der Waals surface area contributed by atoms with Gasteiger partial charge in [0.2, 0.25) is 0 Å². The SMILES string of the molecule is CC(C)CC(=O)C[C@@H](C)[C@H]1CC[C@H]2C3=C[C@H]4OC[C@H]5O[C@@H](O[C@H]6[C@H](O[C@H]7[C@H](O[C@H]8CC[C@](C)([C@H]3CC[C@]12C)[C@H]4C8)O[C@H](C(=O)O)[C@@H](O)[C@@H]7O)O[C@H](CO)[C@H](O)[C@@H]6O)[C@H](O)[C@@H](O)[C@@H]5O. The maximum absolute atomic E-state index is 13.0. The zero-order valence-electron chi connectivity index (χ0n) is 36.8. The fraction of sp³-hybridized carbons (Fsp3) is 0.911. The molecule has 4 bridgehead atoms. The molecule has 4 aliphatic carbocycles. The predicted molar refractivity (Wildman–Crippen MR) is 216 cm³/mol. The number of rotatable bonds is 7. The average molecular weight is 899 g/mol. The van der Waals surface area contributed by atoms with E-state index in [4.69, 9.17) is 33.2 Å². The molecule has 4 aliphatic heterocycles. The summed E-state index contributed by atoms with van der Waals surface area (Å²) in [6, 6.07) is 0. The second kappa shape index (κ2) is 18.4. The third kappa shape index (κ3) is 8.60. The maximum atomic E-state index is 13.0. The fourth-order valence-electron chi connectivity index (χ4n) is 13.3. The summed E-state index contributed by atoms with van der Waals surface area (Å²) in [6.07, 6.45) is -18.6. The van der Waals surface area contributed by atoms with Gasteiger partial charge < -0.3 is 79.1 Å². The highest BCUT2D eigenvalue weighted by atomic mass is 16.8. The van der Waals surface area contributed by atoms with Gasteiger partial charge in [-0.2, -0.15) is 0 Å². The van der Waals surface area contributed by atoms with E-state index in [2.05, 4.69) is 40.7 Å².